The molecule has 2 heterocycles. The molecular formula is C14H28Cl2N4O3. The number of hydrogen-bond donors (Lipinski definition) is 1. The Morgan fingerprint density at radius 1 is 0.870 bits per heavy atom. The quantitative estimate of drug-likeness (QED) is 0.728. The smallest absolute Gasteiger partial charge is 0.239 e. The molecule has 7 nitrogen and oxygen atoms in total. The summed E-state index contributed by atoms with van der Waals surface area (Å²) in [6, 6.07) is -0.598. The molecule has 0 radical (unpaired) electrons. The number of carbonyl (C=O) groups is 2. The zero-order valence-corrected chi connectivity index (χ0v) is 15.4. The van der Waals surface area contributed by atoms with Gasteiger partial charge in [-0.3, -0.25) is 14.5 Å². The van der Waals surface area contributed by atoms with Gasteiger partial charge in [0.2, 0.25) is 11.8 Å². The van der Waals surface area contributed by atoms with Crippen molar-refractivity contribution in [3.8, 4) is 0 Å². The van der Waals surface area contributed by atoms with Crippen LogP contribution in [0.2, 0.25) is 0 Å². The maximum Gasteiger partial charge on any atom is 0.239 e. The van der Waals surface area contributed by atoms with Gasteiger partial charge in [-0.25, -0.2) is 0 Å². The minimum absolute atomic E-state index is 0. The normalized spacial score (nSPS) is 21.7. The summed E-state index contributed by atoms with van der Waals surface area (Å²) in [5.74, 6) is 0.145. The molecule has 2 aliphatic heterocycles. The average Bonchev–Trinajstić information content (AvgIpc) is 2.53. The fraction of sp³-hybridized carbons (Fsp3) is 0.857. The van der Waals surface area contributed by atoms with Crippen molar-refractivity contribution in [2.75, 3.05) is 52.5 Å². The van der Waals surface area contributed by atoms with Gasteiger partial charge in [-0.1, -0.05) is 0 Å². The van der Waals surface area contributed by atoms with Crippen molar-refractivity contribution in [2.45, 2.75) is 25.9 Å². The zero-order valence-electron chi connectivity index (χ0n) is 13.8. The lowest BCUT2D eigenvalue weighted by Crippen LogP contribution is -2.58. The van der Waals surface area contributed by atoms with Crippen molar-refractivity contribution in [1.82, 2.24) is 14.7 Å². The first kappa shape index (κ1) is 22.4. The van der Waals surface area contributed by atoms with Crippen molar-refractivity contribution in [3.63, 3.8) is 0 Å². The van der Waals surface area contributed by atoms with E-state index in [0.717, 1.165) is 13.1 Å². The highest BCUT2D eigenvalue weighted by Crippen LogP contribution is 2.11. The van der Waals surface area contributed by atoms with Crippen LogP contribution in [0.4, 0.5) is 0 Å². The third-order valence-electron chi connectivity index (χ3n) is 4.24. The summed E-state index contributed by atoms with van der Waals surface area (Å²) >= 11 is 0. The molecule has 0 aromatic heterocycles. The van der Waals surface area contributed by atoms with Crippen LogP contribution in [0.25, 0.3) is 0 Å². The summed E-state index contributed by atoms with van der Waals surface area (Å²) in [4.78, 5) is 30.1. The molecule has 2 N–H and O–H groups in total. The predicted molar refractivity (Wildman–Crippen MR) is 93.2 cm³/mol. The molecule has 9 heteroatoms. The summed E-state index contributed by atoms with van der Waals surface area (Å²) in [7, 11) is 0. The van der Waals surface area contributed by atoms with E-state index in [1.165, 1.54) is 0 Å². The Morgan fingerprint density at radius 2 is 1.35 bits per heavy atom. The van der Waals surface area contributed by atoms with Gasteiger partial charge in [0.05, 0.1) is 25.3 Å². The molecular weight excluding hydrogens is 343 g/mol. The van der Waals surface area contributed by atoms with E-state index in [2.05, 4.69) is 4.90 Å². The molecule has 2 rings (SSSR count). The SMILES string of the molecule is CC(C(=O)N1CCOCC1)N1CCN(C(=O)[C@@H](C)N)CC1.Cl.Cl. The second-order valence-electron chi connectivity index (χ2n) is 5.76. The highest BCUT2D eigenvalue weighted by atomic mass is 35.5. The first-order chi connectivity index (χ1) is 10.0. The Kier molecular flexibility index (Phi) is 10.0. The van der Waals surface area contributed by atoms with E-state index in [1.54, 1.807) is 11.8 Å². The van der Waals surface area contributed by atoms with E-state index >= 15 is 0 Å². The Bertz CT molecular complexity index is 384. The van der Waals surface area contributed by atoms with Crippen molar-refractivity contribution in [1.29, 1.82) is 0 Å². The lowest BCUT2D eigenvalue weighted by Gasteiger charge is -2.40. The number of carbonyl (C=O) groups excluding carboxylic acids is 2. The van der Waals surface area contributed by atoms with Crippen LogP contribution in [0, 0.1) is 0 Å². The number of nitrogens with two attached hydrogens (primary N) is 1. The van der Waals surface area contributed by atoms with Crippen LogP contribution >= 0.6 is 24.8 Å². The first-order valence-electron chi connectivity index (χ1n) is 7.65. The summed E-state index contributed by atoms with van der Waals surface area (Å²) in [5.41, 5.74) is 5.63. The summed E-state index contributed by atoms with van der Waals surface area (Å²) in [6.07, 6.45) is 0. The molecule has 0 spiro atoms. The fourth-order valence-corrected chi connectivity index (χ4v) is 2.82. The van der Waals surface area contributed by atoms with Crippen LogP contribution in [0.15, 0.2) is 0 Å². The lowest BCUT2D eigenvalue weighted by atomic mass is 10.2. The fourth-order valence-electron chi connectivity index (χ4n) is 2.82. The number of ether oxygens (including phenoxy) is 1. The third kappa shape index (κ3) is 5.76. The van der Waals surface area contributed by atoms with Gasteiger partial charge in [0.1, 0.15) is 0 Å². The molecule has 2 atom stereocenters. The number of amides is 2. The van der Waals surface area contributed by atoms with E-state index in [-0.39, 0.29) is 42.7 Å². The van der Waals surface area contributed by atoms with Crippen LogP contribution in [-0.4, -0.2) is 91.1 Å². The second-order valence-corrected chi connectivity index (χ2v) is 5.76. The molecule has 23 heavy (non-hydrogen) atoms. The highest BCUT2D eigenvalue weighted by molar-refractivity contribution is 5.85. The Hall–Kier alpha value is -0.600. The maximum atomic E-state index is 12.4. The maximum absolute atomic E-state index is 12.4. The van der Waals surface area contributed by atoms with Crippen LogP contribution < -0.4 is 5.73 Å². The van der Waals surface area contributed by atoms with E-state index in [1.807, 2.05) is 11.8 Å². The highest BCUT2D eigenvalue weighted by Gasteiger charge is 2.31. The standard InChI is InChI=1S/C14H26N4O3.2ClH/c1-11(15)13(19)17-5-3-16(4-6-17)12(2)14(20)18-7-9-21-10-8-18;;/h11-12H,3-10,15H2,1-2H3;2*1H/t11-,12?;;/m1../s1. The molecule has 0 aromatic carbocycles. The number of nitrogens with zero attached hydrogens (tertiary/aromatic N) is 3. The molecule has 2 aliphatic rings. The number of morpholine rings is 1. The number of rotatable bonds is 3. The van der Waals surface area contributed by atoms with E-state index in [0.29, 0.717) is 39.4 Å². The molecule has 0 aliphatic carbocycles. The Labute approximate surface area is 150 Å². The van der Waals surface area contributed by atoms with Crippen molar-refractivity contribution in [2.24, 2.45) is 5.73 Å². The van der Waals surface area contributed by atoms with Gasteiger partial charge in [-0.15, -0.1) is 24.8 Å². The molecule has 1 unspecified atom stereocenters. The molecule has 0 saturated carbocycles. The molecule has 0 aromatic rings. The van der Waals surface area contributed by atoms with Gasteiger partial charge in [-0.05, 0) is 13.8 Å². The van der Waals surface area contributed by atoms with Crippen molar-refractivity contribution < 1.29 is 14.3 Å². The molecule has 2 saturated heterocycles. The molecule has 2 fully saturated rings. The predicted octanol–water partition coefficient (Wildman–Crippen LogP) is -0.431. The van der Waals surface area contributed by atoms with Crippen LogP contribution in [0.5, 0.6) is 0 Å². The topological polar surface area (TPSA) is 79.1 Å². The summed E-state index contributed by atoms with van der Waals surface area (Å²) in [6.45, 7) is 8.95. The van der Waals surface area contributed by atoms with Gasteiger partial charge >= 0.3 is 0 Å². The Balaban J connectivity index is 0.00000242. The first-order valence-corrected chi connectivity index (χ1v) is 7.65. The number of halogens is 2. The minimum Gasteiger partial charge on any atom is -0.378 e. The van der Waals surface area contributed by atoms with E-state index < -0.39 is 6.04 Å². The minimum atomic E-state index is -0.455. The Morgan fingerprint density at radius 3 is 1.83 bits per heavy atom. The molecule has 136 valence electrons. The third-order valence-corrected chi connectivity index (χ3v) is 4.24. The van der Waals surface area contributed by atoms with Gasteiger partial charge in [0.25, 0.3) is 0 Å². The zero-order chi connectivity index (χ0) is 15.4. The largest absolute Gasteiger partial charge is 0.378 e. The van der Waals surface area contributed by atoms with Gasteiger partial charge in [0, 0.05) is 39.3 Å². The van der Waals surface area contributed by atoms with Crippen LogP contribution in [0.3, 0.4) is 0 Å². The molecule has 0 bridgehead atoms. The van der Waals surface area contributed by atoms with Crippen LogP contribution in [0.1, 0.15) is 13.8 Å². The lowest BCUT2D eigenvalue weighted by molar-refractivity contribution is -0.142. The summed E-state index contributed by atoms with van der Waals surface area (Å²) in [5, 5.41) is 0. The second kappa shape index (κ2) is 10.3. The number of piperazine rings is 1. The molecule has 2 amide bonds. The average molecular weight is 371 g/mol. The van der Waals surface area contributed by atoms with Gasteiger partial charge < -0.3 is 20.3 Å². The van der Waals surface area contributed by atoms with E-state index in [9.17, 15) is 9.59 Å². The number of hydrogen-bond acceptors (Lipinski definition) is 5. The van der Waals surface area contributed by atoms with Gasteiger partial charge in [-0.2, -0.15) is 0 Å². The van der Waals surface area contributed by atoms with Crippen LogP contribution in [-0.2, 0) is 14.3 Å². The van der Waals surface area contributed by atoms with Crippen molar-refractivity contribution >= 4 is 36.6 Å². The summed E-state index contributed by atoms with van der Waals surface area (Å²) < 4.78 is 5.27. The monoisotopic (exact) mass is 370 g/mol. The van der Waals surface area contributed by atoms with E-state index in [4.69, 9.17) is 10.5 Å². The van der Waals surface area contributed by atoms with Gasteiger partial charge in [0.15, 0.2) is 0 Å². The van der Waals surface area contributed by atoms with Crippen molar-refractivity contribution in [3.05, 3.63) is 0 Å².